The molecule has 0 atom stereocenters. The summed E-state index contributed by atoms with van der Waals surface area (Å²) in [6, 6.07) is 8.35. The molecule has 2 aromatic rings. The first-order valence-corrected chi connectivity index (χ1v) is 6.28. The van der Waals surface area contributed by atoms with Crippen molar-refractivity contribution in [3.05, 3.63) is 30.5 Å². The average molecular weight is 232 g/mol. The molecule has 3 heteroatoms. The fourth-order valence-corrected chi connectivity index (χ4v) is 2.05. The van der Waals surface area contributed by atoms with Crippen molar-refractivity contribution in [3.63, 3.8) is 0 Å². The smallest absolute Gasteiger partial charge is 0.128 e. The van der Waals surface area contributed by atoms with Gasteiger partial charge in [0.05, 0.1) is 12.1 Å². The van der Waals surface area contributed by atoms with Crippen LogP contribution in [-0.4, -0.2) is 24.3 Å². The SMILES string of the molecule is CCNCCn1ccc2c(OCC)cccc21. The van der Waals surface area contributed by atoms with Crippen LogP contribution in [-0.2, 0) is 6.54 Å². The molecule has 0 amide bonds. The number of fused-ring (bicyclic) bond motifs is 1. The molecule has 92 valence electrons. The summed E-state index contributed by atoms with van der Waals surface area (Å²) in [4.78, 5) is 0. The Labute approximate surface area is 102 Å². The lowest BCUT2D eigenvalue weighted by Crippen LogP contribution is -2.18. The maximum absolute atomic E-state index is 5.63. The number of hydrogen-bond acceptors (Lipinski definition) is 2. The van der Waals surface area contributed by atoms with Crippen LogP contribution in [0.1, 0.15) is 13.8 Å². The summed E-state index contributed by atoms with van der Waals surface area (Å²) in [5.41, 5.74) is 1.24. The standard InChI is InChI=1S/C14H20N2O/c1-3-15-9-11-16-10-8-12-13(16)6-5-7-14(12)17-4-2/h5-8,10,15H,3-4,9,11H2,1-2H3. The number of rotatable bonds is 6. The molecule has 2 rings (SSSR count). The van der Waals surface area contributed by atoms with Crippen LogP contribution in [0.3, 0.4) is 0 Å². The van der Waals surface area contributed by atoms with Crippen LogP contribution < -0.4 is 10.1 Å². The molecule has 0 aliphatic carbocycles. The highest BCUT2D eigenvalue weighted by molar-refractivity contribution is 5.86. The lowest BCUT2D eigenvalue weighted by atomic mass is 10.2. The quantitative estimate of drug-likeness (QED) is 0.775. The highest BCUT2D eigenvalue weighted by atomic mass is 16.5. The minimum atomic E-state index is 0.710. The van der Waals surface area contributed by atoms with Gasteiger partial charge in [0.1, 0.15) is 5.75 Å². The molecule has 1 heterocycles. The Hall–Kier alpha value is -1.48. The molecule has 0 aliphatic heterocycles. The summed E-state index contributed by atoms with van der Waals surface area (Å²) in [6.07, 6.45) is 2.13. The van der Waals surface area contributed by atoms with Gasteiger partial charge in [-0.15, -0.1) is 0 Å². The van der Waals surface area contributed by atoms with Gasteiger partial charge in [0, 0.05) is 24.7 Å². The van der Waals surface area contributed by atoms with E-state index in [1.807, 2.05) is 13.0 Å². The molecule has 1 aromatic heterocycles. The summed E-state index contributed by atoms with van der Waals surface area (Å²) >= 11 is 0. The topological polar surface area (TPSA) is 26.2 Å². The van der Waals surface area contributed by atoms with E-state index in [1.165, 1.54) is 10.9 Å². The minimum absolute atomic E-state index is 0.710. The van der Waals surface area contributed by atoms with Gasteiger partial charge in [0.2, 0.25) is 0 Å². The average Bonchev–Trinajstić information content (AvgIpc) is 2.75. The van der Waals surface area contributed by atoms with Gasteiger partial charge < -0.3 is 14.6 Å². The monoisotopic (exact) mass is 232 g/mol. The van der Waals surface area contributed by atoms with E-state index in [4.69, 9.17) is 4.74 Å². The second-order valence-corrected chi connectivity index (χ2v) is 3.98. The van der Waals surface area contributed by atoms with Crippen LogP contribution >= 0.6 is 0 Å². The molecule has 0 aliphatic rings. The molecule has 3 nitrogen and oxygen atoms in total. The second-order valence-electron chi connectivity index (χ2n) is 3.98. The molecule has 1 aromatic carbocycles. The molecule has 0 bridgehead atoms. The molecule has 0 unspecified atom stereocenters. The van der Waals surface area contributed by atoms with Crippen molar-refractivity contribution in [1.82, 2.24) is 9.88 Å². The number of likely N-dealkylation sites (N-methyl/N-ethyl adjacent to an activating group) is 1. The Kier molecular flexibility index (Phi) is 4.04. The van der Waals surface area contributed by atoms with E-state index in [2.05, 4.69) is 41.2 Å². The van der Waals surface area contributed by atoms with Crippen molar-refractivity contribution in [2.45, 2.75) is 20.4 Å². The third kappa shape index (κ3) is 2.61. The Morgan fingerprint density at radius 3 is 2.88 bits per heavy atom. The van der Waals surface area contributed by atoms with E-state index in [0.29, 0.717) is 6.61 Å². The van der Waals surface area contributed by atoms with Crippen molar-refractivity contribution in [3.8, 4) is 5.75 Å². The van der Waals surface area contributed by atoms with Crippen molar-refractivity contribution < 1.29 is 4.74 Å². The number of benzene rings is 1. The van der Waals surface area contributed by atoms with Gasteiger partial charge >= 0.3 is 0 Å². The molecular formula is C14H20N2O. The van der Waals surface area contributed by atoms with E-state index in [0.717, 1.165) is 25.4 Å². The van der Waals surface area contributed by atoms with Crippen molar-refractivity contribution >= 4 is 10.9 Å². The normalized spacial score (nSPS) is 10.9. The minimum Gasteiger partial charge on any atom is -0.493 e. The largest absolute Gasteiger partial charge is 0.493 e. The third-order valence-electron chi connectivity index (χ3n) is 2.85. The van der Waals surface area contributed by atoms with E-state index in [9.17, 15) is 0 Å². The Morgan fingerprint density at radius 1 is 1.24 bits per heavy atom. The lowest BCUT2D eigenvalue weighted by Gasteiger charge is -2.08. The van der Waals surface area contributed by atoms with E-state index in [-0.39, 0.29) is 0 Å². The highest BCUT2D eigenvalue weighted by Crippen LogP contribution is 2.26. The fraction of sp³-hybridized carbons (Fsp3) is 0.429. The summed E-state index contributed by atoms with van der Waals surface area (Å²) in [5, 5.41) is 4.54. The van der Waals surface area contributed by atoms with Crippen LogP contribution in [0.5, 0.6) is 5.75 Å². The van der Waals surface area contributed by atoms with Crippen LogP contribution in [0, 0.1) is 0 Å². The van der Waals surface area contributed by atoms with Gasteiger partial charge in [-0.2, -0.15) is 0 Å². The Morgan fingerprint density at radius 2 is 2.12 bits per heavy atom. The zero-order chi connectivity index (χ0) is 12.1. The van der Waals surface area contributed by atoms with Gasteiger partial charge in [0.15, 0.2) is 0 Å². The summed E-state index contributed by atoms with van der Waals surface area (Å²) < 4.78 is 7.89. The fourth-order valence-electron chi connectivity index (χ4n) is 2.05. The van der Waals surface area contributed by atoms with Crippen molar-refractivity contribution in [2.24, 2.45) is 0 Å². The Bertz CT molecular complexity index is 476. The van der Waals surface area contributed by atoms with Gasteiger partial charge in [-0.1, -0.05) is 13.0 Å². The number of aromatic nitrogens is 1. The zero-order valence-electron chi connectivity index (χ0n) is 10.6. The Balaban J connectivity index is 2.24. The first-order valence-electron chi connectivity index (χ1n) is 6.28. The number of hydrogen-bond donors (Lipinski definition) is 1. The van der Waals surface area contributed by atoms with Gasteiger partial charge in [-0.25, -0.2) is 0 Å². The molecule has 0 fully saturated rings. The molecule has 1 N–H and O–H groups in total. The zero-order valence-corrected chi connectivity index (χ0v) is 10.6. The van der Waals surface area contributed by atoms with Crippen molar-refractivity contribution in [2.75, 3.05) is 19.7 Å². The highest BCUT2D eigenvalue weighted by Gasteiger charge is 2.05. The van der Waals surface area contributed by atoms with E-state index in [1.54, 1.807) is 0 Å². The maximum atomic E-state index is 5.63. The maximum Gasteiger partial charge on any atom is 0.128 e. The third-order valence-corrected chi connectivity index (χ3v) is 2.85. The molecule has 0 spiro atoms. The molecule has 0 saturated heterocycles. The predicted octanol–water partition coefficient (Wildman–Crippen LogP) is 2.65. The second kappa shape index (κ2) is 5.73. The number of ether oxygens (including phenoxy) is 1. The van der Waals surface area contributed by atoms with Crippen LogP contribution in [0.25, 0.3) is 10.9 Å². The summed E-state index contributed by atoms with van der Waals surface area (Å²) in [7, 11) is 0. The summed E-state index contributed by atoms with van der Waals surface area (Å²) in [5.74, 6) is 0.979. The van der Waals surface area contributed by atoms with Gasteiger partial charge in [-0.3, -0.25) is 0 Å². The van der Waals surface area contributed by atoms with Crippen LogP contribution in [0.15, 0.2) is 30.5 Å². The van der Waals surface area contributed by atoms with E-state index < -0.39 is 0 Å². The molecule has 0 saturated carbocycles. The first kappa shape index (κ1) is 12.0. The molecule has 0 radical (unpaired) electrons. The van der Waals surface area contributed by atoms with Crippen molar-refractivity contribution in [1.29, 1.82) is 0 Å². The molecular weight excluding hydrogens is 212 g/mol. The lowest BCUT2D eigenvalue weighted by molar-refractivity contribution is 0.344. The summed E-state index contributed by atoms with van der Waals surface area (Å²) in [6.45, 7) is 7.86. The molecule has 17 heavy (non-hydrogen) atoms. The van der Waals surface area contributed by atoms with Gasteiger partial charge in [-0.05, 0) is 31.7 Å². The van der Waals surface area contributed by atoms with Gasteiger partial charge in [0.25, 0.3) is 0 Å². The van der Waals surface area contributed by atoms with Crippen LogP contribution in [0.2, 0.25) is 0 Å². The van der Waals surface area contributed by atoms with Crippen LogP contribution in [0.4, 0.5) is 0 Å². The number of nitrogens with zero attached hydrogens (tertiary/aromatic N) is 1. The predicted molar refractivity (Wildman–Crippen MR) is 71.7 cm³/mol. The number of nitrogens with one attached hydrogen (secondary N) is 1. The first-order chi connectivity index (χ1) is 8.36. The van der Waals surface area contributed by atoms with E-state index >= 15 is 0 Å².